The Labute approximate surface area is 193 Å². The van der Waals surface area contributed by atoms with Crippen LogP contribution in [0.15, 0.2) is 18.2 Å². The van der Waals surface area contributed by atoms with E-state index in [-0.39, 0.29) is 6.47 Å². The Morgan fingerprint density at radius 3 is 2.42 bits per heavy atom. The van der Waals surface area contributed by atoms with E-state index in [0.717, 1.165) is 37.5 Å². The van der Waals surface area contributed by atoms with Gasteiger partial charge in [-0.1, -0.05) is 12.5 Å². The molecule has 4 rings (SSSR count). The molecule has 10 nitrogen and oxygen atoms in total. The number of methoxy groups -OCH3 is 2. The Morgan fingerprint density at radius 2 is 1.79 bits per heavy atom. The van der Waals surface area contributed by atoms with Crippen LogP contribution in [-0.4, -0.2) is 69.6 Å². The summed E-state index contributed by atoms with van der Waals surface area (Å²) in [5.74, 6) is 2.82. The van der Waals surface area contributed by atoms with Crippen LogP contribution in [0.4, 0.5) is 0 Å². The van der Waals surface area contributed by atoms with Crippen molar-refractivity contribution in [3.05, 3.63) is 35.4 Å². The van der Waals surface area contributed by atoms with E-state index in [0.29, 0.717) is 36.1 Å². The molecule has 1 aromatic carbocycles. The number of hydrogen-bond donors (Lipinski definition) is 2. The van der Waals surface area contributed by atoms with Crippen molar-refractivity contribution in [2.75, 3.05) is 27.3 Å². The highest BCUT2D eigenvalue weighted by Crippen LogP contribution is 2.36. The molecular formula is C23H32N4O6. The lowest BCUT2D eigenvalue weighted by Crippen LogP contribution is -2.40. The topological polar surface area (TPSA) is 127 Å². The standard InChI is InChI=1S/C22H30N4O4.CH2O2/c1-29-17-8-7-16(14-18(17)30-2)20(22(27)28)25-12-9-15(10-13-25)21-24-23-19-6-4-3-5-11-26(19)21;2-1-3/h7-8,14-15,20H,3-6,9-13H2,1-2H3,(H,27,28);1H,(H,2,3). The van der Waals surface area contributed by atoms with E-state index in [1.807, 2.05) is 11.0 Å². The fraction of sp³-hybridized carbons (Fsp3) is 0.565. The van der Waals surface area contributed by atoms with E-state index in [9.17, 15) is 9.90 Å². The molecule has 1 aromatic heterocycles. The molecule has 2 aliphatic heterocycles. The second-order valence-corrected chi connectivity index (χ2v) is 8.21. The zero-order valence-corrected chi connectivity index (χ0v) is 19.1. The third kappa shape index (κ3) is 5.62. The van der Waals surface area contributed by atoms with E-state index in [1.54, 1.807) is 26.4 Å². The number of carbonyl (C=O) groups is 2. The number of piperidine rings is 1. The van der Waals surface area contributed by atoms with Crippen molar-refractivity contribution in [2.45, 2.75) is 57.0 Å². The second kappa shape index (κ2) is 11.6. The number of carboxylic acids is 1. The van der Waals surface area contributed by atoms with Gasteiger partial charge in [0.2, 0.25) is 0 Å². The molecule has 180 valence electrons. The normalized spacial score (nSPS) is 17.6. The Hall–Kier alpha value is -3.14. The number of carboxylic acid groups (broad SMARTS) is 2. The largest absolute Gasteiger partial charge is 0.493 e. The minimum Gasteiger partial charge on any atom is -0.493 e. The molecule has 33 heavy (non-hydrogen) atoms. The minimum atomic E-state index is -0.850. The van der Waals surface area contributed by atoms with Gasteiger partial charge in [0.15, 0.2) is 11.5 Å². The van der Waals surface area contributed by atoms with Crippen LogP contribution >= 0.6 is 0 Å². The summed E-state index contributed by atoms with van der Waals surface area (Å²) in [5.41, 5.74) is 0.704. The van der Waals surface area contributed by atoms with Crippen LogP contribution in [0.1, 0.15) is 61.3 Å². The third-order valence-electron chi connectivity index (χ3n) is 6.36. The lowest BCUT2D eigenvalue weighted by molar-refractivity contribution is -0.144. The van der Waals surface area contributed by atoms with Gasteiger partial charge in [0.25, 0.3) is 6.47 Å². The number of benzene rings is 1. The molecule has 0 radical (unpaired) electrons. The molecule has 0 spiro atoms. The van der Waals surface area contributed by atoms with E-state index < -0.39 is 12.0 Å². The predicted molar refractivity (Wildman–Crippen MR) is 120 cm³/mol. The summed E-state index contributed by atoms with van der Waals surface area (Å²) in [6, 6.07) is 4.64. The molecule has 1 unspecified atom stereocenters. The van der Waals surface area contributed by atoms with E-state index >= 15 is 0 Å². The first-order valence-electron chi connectivity index (χ1n) is 11.2. The molecule has 0 bridgehead atoms. The molecule has 0 aliphatic carbocycles. The van der Waals surface area contributed by atoms with Crippen molar-refractivity contribution in [2.24, 2.45) is 0 Å². The molecule has 1 fully saturated rings. The molecule has 0 amide bonds. The predicted octanol–water partition coefficient (Wildman–Crippen LogP) is 2.73. The summed E-state index contributed by atoms with van der Waals surface area (Å²) in [4.78, 5) is 22.6. The first-order chi connectivity index (χ1) is 16.0. The summed E-state index contributed by atoms with van der Waals surface area (Å²) in [7, 11) is 3.13. The fourth-order valence-corrected chi connectivity index (χ4v) is 4.76. The van der Waals surface area contributed by atoms with Gasteiger partial charge in [0, 0.05) is 18.9 Å². The van der Waals surface area contributed by atoms with E-state index in [1.165, 1.54) is 19.3 Å². The number of likely N-dealkylation sites (tertiary alicyclic amines) is 1. The van der Waals surface area contributed by atoms with Gasteiger partial charge in [-0.25, -0.2) is 0 Å². The van der Waals surface area contributed by atoms with Crippen LogP contribution in [0.5, 0.6) is 11.5 Å². The average Bonchev–Trinajstić information content (AvgIpc) is 3.07. The van der Waals surface area contributed by atoms with Crippen molar-refractivity contribution < 1.29 is 29.3 Å². The number of nitrogens with zero attached hydrogens (tertiary/aromatic N) is 4. The average molecular weight is 461 g/mol. The summed E-state index contributed by atoms with van der Waals surface area (Å²) in [6.45, 7) is 2.16. The first kappa shape index (κ1) is 24.5. The monoisotopic (exact) mass is 460 g/mol. The van der Waals surface area contributed by atoms with Crippen molar-refractivity contribution in [3.8, 4) is 11.5 Å². The maximum Gasteiger partial charge on any atom is 0.325 e. The number of ether oxygens (including phenoxy) is 2. The maximum absolute atomic E-state index is 12.2. The number of fused-ring (bicyclic) bond motifs is 1. The van der Waals surface area contributed by atoms with Gasteiger partial charge >= 0.3 is 5.97 Å². The van der Waals surface area contributed by atoms with Gasteiger partial charge in [0.05, 0.1) is 14.2 Å². The Balaban J connectivity index is 0.000000968. The number of aliphatic carboxylic acids is 1. The van der Waals surface area contributed by atoms with E-state index in [4.69, 9.17) is 19.4 Å². The van der Waals surface area contributed by atoms with Gasteiger partial charge < -0.3 is 24.3 Å². The zero-order valence-electron chi connectivity index (χ0n) is 19.1. The molecule has 0 saturated carbocycles. The third-order valence-corrected chi connectivity index (χ3v) is 6.36. The minimum absolute atomic E-state index is 0.250. The summed E-state index contributed by atoms with van der Waals surface area (Å²) < 4.78 is 13.0. The van der Waals surface area contributed by atoms with Crippen molar-refractivity contribution >= 4 is 12.4 Å². The van der Waals surface area contributed by atoms with Crippen molar-refractivity contribution in [1.29, 1.82) is 0 Å². The number of rotatable bonds is 6. The van der Waals surface area contributed by atoms with Gasteiger partial charge in [-0.15, -0.1) is 10.2 Å². The Bertz CT molecular complexity index is 939. The molecule has 2 N–H and O–H groups in total. The van der Waals surface area contributed by atoms with Crippen molar-refractivity contribution in [1.82, 2.24) is 19.7 Å². The van der Waals surface area contributed by atoms with Crippen LogP contribution in [0, 0.1) is 0 Å². The van der Waals surface area contributed by atoms with Gasteiger partial charge in [-0.2, -0.15) is 0 Å². The highest BCUT2D eigenvalue weighted by Gasteiger charge is 2.34. The SMILES string of the molecule is COc1ccc(C(C(=O)O)N2CCC(c3nnc4n3CCCCC4)CC2)cc1OC.O=CO. The highest BCUT2D eigenvalue weighted by molar-refractivity contribution is 5.76. The van der Waals surface area contributed by atoms with Gasteiger partial charge in [-0.05, 0) is 56.5 Å². The maximum atomic E-state index is 12.2. The molecular weight excluding hydrogens is 428 g/mol. The van der Waals surface area contributed by atoms with Gasteiger partial charge in [0.1, 0.15) is 17.7 Å². The zero-order chi connectivity index (χ0) is 23.8. The molecule has 3 heterocycles. The Morgan fingerprint density at radius 1 is 1.09 bits per heavy atom. The number of aryl methyl sites for hydroxylation is 1. The second-order valence-electron chi connectivity index (χ2n) is 8.21. The lowest BCUT2D eigenvalue weighted by Gasteiger charge is -2.35. The van der Waals surface area contributed by atoms with Crippen LogP contribution in [0.3, 0.4) is 0 Å². The van der Waals surface area contributed by atoms with Crippen LogP contribution < -0.4 is 9.47 Å². The molecule has 10 heteroatoms. The van der Waals surface area contributed by atoms with Crippen LogP contribution in [0.2, 0.25) is 0 Å². The van der Waals surface area contributed by atoms with Crippen molar-refractivity contribution in [3.63, 3.8) is 0 Å². The van der Waals surface area contributed by atoms with E-state index in [2.05, 4.69) is 14.8 Å². The molecule has 1 atom stereocenters. The fourth-order valence-electron chi connectivity index (χ4n) is 4.76. The molecule has 1 saturated heterocycles. The summed E-state index contributed by atoms with van der Waals surface area (Å²) >= 11 is 0. The lowest BCUT2D eigenvalue weighted by atomic mass is 9.93. The van der Waals surface area contributed by atoms with Crippen LogP contribution in [0.25, 0.3) is 0 Å². The highest BCUT2D eigenvalue weighted by atomic mass is 16.5. The smallest absolute Gasteiger partial charge is 0.325 e. The van der Waals surface area contributed by atoms with Crippen LogP contribution in [-0.2, 0) is 22.6 Å². The molecule has 2 aliphatic rings. The first-order valence-corrected chi connectivity index (χ1v) is 11.2. The summed E-state index contributed by atoms with van der Waals surface area (Å²) in [6.07, 6.45) is 6.38. The molecule has 2 aromatic rings. The quantitative estimate of drug-likeness (QED) is 0.626. The summed E-state index contributed by atoms with van der Waals surface area (Å²) in [5, 5.41) is 25.8. The number of aromatic nitrogens is 3. The number of hydrogen-bond acceptors (Lipinski definition) is 7. The Kier molecular flexibility index (Phi) is 8.65. The van der Waals surface area contributed by atoms with Gasteiger partial charge in [-0.3, -0.25) is 14.5 Å².